The van der Waals surface area contributed by atoms with Gasteiger partial charge in [0.25, 0.3) is 0 Å². The maximum atomic E-state index is 13.3. The van der Waals surface area contributed by atoms with Gasteiger partial charge in [-0.3, -0.25) is 4.79 Å². The molecule has 27 heavy (non-hydrogen) atoms. The zero-order chi connectivity index (χ0) is 18.8. The van der Waals surface area contributed by atoms with Gasteiger partial charge in [-0.2, -0.15) is 0 Å². The van der Waals surface area contributed by atoms with E-state index in [1.54, 1.807) is 6.33 Å². The molecule has 0 radical (unpaired) electrons. The molecule has 1 aliphatic carbocycles. The number of hydrogen-bond acceptors (Lipinski definition) is 3. The number of aromatic amines is 1. The number of aryl methyl sites for hydroxylation is 1. The van der Waals surface area contributed by atoms with Crippen LogP contribution in [-0.2, 0) is 4.79 Å². The number of rotatable bonds is 1. The van der Waals surface area contributed by atoms with Crippen LogP contribution in [0.5, 0.6) is 0 Å². The number of aromatic nitrogens is 2. The van der Waals surface area contributed by atoms with Crippen molar-refractivity contribution in [2.45, 2.75) is 39.7 Å². The number of nitrogens with one attached hydrogen (secondary N) is 2. The minimum Gasteiger partial charge on any atom is -0.372 e. The quantitative estimate of drug-likeness (QED) is 0.631. The molecular formula is C23H23N3O. The molecule has 5 rings (SSSR count). The molecule has 0 bridgehead atoms. The van der Waals surface area contributed by atoms with Crippen LogP contribution >= 0.6 is 0 Å². The van der Waals surface area contributed by atoms with Gasteiger partial charge >= 0.3 is 0 Å². The second kappa shape index (κ2) is 5.56. The number of carbonyl (C=O) groups excluding carboxylic acids is 1. The molecule has 0 saturated heterocycles. The number of ketones is 1. The van der Waals surface area contributed by atoms with Crippen LogP contribution in [0.15, 0.2) is 48.3 Å². The van der Waals surface area contributed by atoms with Crippen molar-refractivity contribution < 1.29 is 4.79 Å². The minimum absolute atomic E-state index is 0.0327. The first-order valence-electron chi connectivity index (χ1n) is 9.49. The predicted molar refractivity (Wildman–Crippen MR) is 109 cm³/mol. The molecule has 4 heteroatoms. The monoisotopic (exact) mass is 357 g/mol. The third-order valence-corrected chi connectivity index (χ3v) is 5.90. The number of Topliss-reactive ketones (excluding diaryl/α,β-unsaturated/α-hetero) is 1. The standard InChI is InChI=1S/C23H23N3O/c1-13-21(25-12-24-13)22-20-16(10-23(2,3)11-18(20)27)19-15-7-5-4-6-14(15)8-9-17(19)26-22/h4-9,12,22,26H,10-11H2,1-3H3,(H,24,25)/t22-/m1/s1. The number of hydrogen-bond donors (Lipinski definition) is 2. The van der Waals surface area contributed by atoms with Gasteiger partial charge in [0.1, 0.15) is 0 Å². The fourth-order valence-corrected chi connectivity index (χ4v) is 4.72. The number of allylic oxidation sites excluding steroid dienone is 1. The number of benzene rings is 2. The summed E-state index contributed by atoms with van der Waals surface area (Å²) in [6.45, 7) is 6.37. The van der Waals surface area contributed by atoms with E-state index in [-0.39, 0.29) is 17.2 Å². The number of carbonyl (C=O) groups is 1. The molecule has 0 unspecified atom stereocenters. The maximum absolute atomic E-state index is 13.3. The SMILES string of the molecule is Cc1nc[nH]c1[C@@H]1Nc2ccc3ccccc3c2C2=C1C(=O)CC(C)(C)C2. The van der Waals surface area contributed by atoms with Crippen LogP contribution in [0, 0.1) is 12.3 Å². The second-order valence-corrected chi connectivity index (χ2v) is 8.52. The van der Waals surface area contributed by atoms with E-state index in [2.05, 4.69) is 65.5 Å². The lowest BCUT2D eigenvalue weighted by Gasteiger charge is -2.40. The molecule has 1 aliphatic heterocycles. The molecule has 2 heterocycles. The molecule has 2 N–H and O–H groups in total. The lowest BCUT2D eigenvalue weighted by Crippen LogP contribution is -2.33. The Labute approximate surface area is 158 Å². The molecular weight excluding hydrogens is 334 g/mol. The van der Waals surface area contributed by atoms with E-state index >= 15 is 0 Å². The van der Waals surface area contributed by atoms with Crippen LogP contribution in [0.3, 0.4) is 0 Å². The number of nitrogens with zero attached hydrogens (tertiary/aromatic N) is 1. The fourth-order valence-electron chi connectivity index (χ4n) is 4.72. The Hall–Kier alpha value is -2.88. The van der Waals surface area contributed by atoms with Gasteiger partial charge in [0, 0.05) is 23.2 Å². The Morgan fingerprint density at radius 3 is 2.70 bits per heavy atom. The number of imidazole rings is 1. The third kappa shape index (κ3) is 2.43. The van der Waals surface area contributed by atoms with Gasteiger partial charge in [-0.05, 0) is 41.2 Å². The first-order chi connectivity index (χ1) is 12.9. The average Bonchev–Trinajstić information content (AvgIpc) is 3.05. The topological polar surface area (TPSA) is 57.8 Å². The molecule has 136 valence electrons. The summed E-state index contributed by atoms with van der Waals surface area (Å²) in [7, 11) is 0. The Kier molecular flexibility index (Phi) is 3.36. The zero-order valence-electron chi connectivity index (χ0n) is 15.9. The highest BCUT2D eigenvalue weighted by molar-refractivity contribution is 6.12. The van der Waals surface area contributed by atoms with Crippen molar-refractivity contribution in [3.8, 4) is 0 Å². The van der Waals surface area contributed by atoms with E-state index < -0.39 is 0 Å². The molecule has 3 aromatic rings. The summed E-state index contributed by atoms with van der Waals surface area (Å²) in [5, 5.41) is 6.05. The highest BCUT2D eigenvalue weighted by atomic mass is 16.1. The highest BCUT2D eigenvalue weighted by Gasteiger charge is 2.41. The molecule has 2 aliphatic rings. The van der Waals surface area contributed by atoms with Crippen LogP contribution in [-0.4, -0.2) is 15.8 Å². The molecule has 0 spiro atoms. The van der Waals surface area contributed by atoms with Gasteiger partial charge in [-0.15, -0.1) is 0 Å². The lowest BCUT2D eigenvalue weighted by atomic mass is 9.68. The summed E-state index contributed by atoms with van der Waals surface area (Å²) in [6, 6.07) is 12.6. The van der Waals surface area contributed by atoms with E-state index in [4.69, 9.17) is 0 Å². The smallest absolute Gasteiger partial charge is 0.162 e. The predicted octanol–water partition coefficient (Wildman–Crippen LogP) is 5.18. The lowest BCUT2D eigenvalue weighted by molar-refractivity contribution is -0.118. The summed E-state index contributed by atoms with van der Waals surface area (Å²) < 4.78 is 0. The molecule has 0 fully saturated rings. The van der Waals surface area contributed by atoms with Crippen molar-refractivity contribution in [3.63, 3.8) is 0 Å². The third-order valence-electron chi connectivity index (χ3n) is 5.90. The van der Waals surface area contributed by atoms with Gasteiger partial charge in [0.2, 0.25) is 0 Å². The van der Waals surface area contributed by atoms with Gasteiger partial charge in [-0.25, -0.2) is 4.98 Å². The summed E-state index contributed by atoms with van der Waals surface area (Å²) in [4.78, 5) is 20.9. The van der Waals surface area contributed by atoms with E-state index in [1.165, 1.54) is 21.9 Å². The van der Waals surface area contributed by atoms with Crippen molar-refractivity contribution in [1.29, 1.82) is 0 Å². The van der Waals surface area contributed by atoms with Crippen molar-refractivity contribution in [2.24, 2.45) is 5.41 Å². The first kappa shape index (κ1) is 16.3. The van der Waals surface area contributed by atoms with E-state index in [0.717, 1.165) is 29.1 Å². The molecule has 4 nitrogen and oxygen atoms in total. The molecule has 2 aromatic carbocycles. The molecule has 1 atom stereocenters. The summed E-state index contributed by atoms with van der Waals surface area (Å²) in [6.07, 6.45) is 3.19. The van der Waals surface area contributed by atoms with E-state index in [9.17, 15) is 4.79 Å². The first-order valence-corrected chi connectivity index (χ1v) is 9.49. The van der Waals surface area contributed by atoms with Crippen LogP contribution in [0.2, 0.25) is 0 Å². The molecule has 0 amide bonds. The number of H-pyrrole nitrogens is 1. The van der Waals surface area contributed by atoms with Crippen LogP contribution in [0.1, 0.15) is 49.7 Å². The van der Waals surface area contributed by atoms with Crippen molar-refractivity contribution in [2.75, 3.05) is 5.32 Å². The summed E-state index contributed by atoms with van der Waals surface area (Å²) >= 11 is 0. The van der Waals surface area contributed by atoms with Gasteiger partial charge in [-0.1, -0.05) is 44.2 Å². The largest absolute Gasteiger partial charge is 0.372 e. The number of fused-ring (bicyclic) bond motifs is 4. The Bertz CT molecular complexity index is 1120. The maximum Gasteiger partial charge on any atom is 0.162 e. The van der Waals surface area contributed by atoms with E-state index in [1.807, 2.05) is 6.92 Å². The normalized spacial score (nSPS) is 21.0. The Balaban J connectivity index is 1.83. The second-order valence-electron chi connectivity index (χ2n) is 8.52. The van der Waals surface area contributed by atoms with Crippen molar-refractivity contribution in [1.82, 2.24) is 9.97 Å². The number of anilines is 1. The summed E-state index contributed by atoms with van der Waals surface area (Å²) in [5.41, 5.74) is 6.27. The fraction of sp³-hybridized carbons (Fsp3) is 0.304. The van der Waals surface area contributed by atoms with Crippen molar-refractivity contribution in [3.05, 3.63) is 65.2 Å². The Morgan fingerprint density at radius 2 is 1.93 bits per heavy atom. The highest BCUT2D eigenvalue weighted by Crippen LogP contribution is 2.51. The van der Waals surface area contributed by atoms with Crippen LogP contribution in [0.25, 0.3) is 16.3 Å². The zero-order valence-corrected chi connectivity index (χ0v) is 15.9. The van der Waals surface area contributed by atoms with Gasteiger partial charge in [0.15, 0.2) is 5.78 Å². The molecule has 0 saturated carbocycles. The van der Waals surface area contributed by atoms with Crippen LogP contribution < -0.4 is 5.32 Å². The van der Waals surface area contributed by atoms with Gasteiger partial charge in [0.05, 0.1) is 23.8 Å². The minimum atomic E-state index is -0.167. The van der Waals surface area contributed by atoms with E-state index in [0.29, 0.717) is 6.42 Å². The van der Waals surface area contributed by atoms with Crippen molar-refractivity contribution >= 4 is 27.8 Å². The Morgan fingerprint density at radius 1 is 1.11 bits per heavy atom. The van der Waals surface area contributed by atoms with Crippen LogP contribution in [0.4, 0.5) is 5.69 Å². The van der Waals surface area contributed by atoms with Gasteiger partial charge < -0.3 is 10.3 Å². The molecule has 1 aromatic heterocycles. The average molecular weight is 357 g/mol. The summed E-state index contributed by atoms with van der Waals surface area (Å²) in [5.74, 6) is 0.242.